The summed E-state index contributed by atoms with van der Waals surface area (Å²) < 4.78 is 5.68. The average Bonchev–Trinajstić information content (AvgIpc) is 2.91. The van der Waals surface area contributed by atoms with Crippen LogP contribution in [0.3, 0.4) is 0 Å². The predicted molar refractivity (Wildman–Crippen MR) is 64.6 cm³/mol. The Bertz CT molecular complexity index is 248. The van der Waals surface area contributed by atoms with Gasteiger partial charge in [-0.2, -0.15) is 0 Å². The van der Waals surface area contributed by atoms with Crippen molar-refractivity contribution < 1.29 is 4.74 Å². The molecule has 2 atom stereocenters. The molecule has 3 heteroatoms. The maximum absolute atomic E-state index is 5.68. The van der Waals surface area contributed by atoms with Gasteiger partial charge >= 0.3 is 0 Å². The van der Waals surface area contributed by atoms with E-state index in [0.29, 0.717) is 6.10 Å². The van der Waals surface area contributed by atoms with Crippen molar-refractivity contribution in [1.82, 2.24) is 9.80 Å². The molecule has 0 radical (unpaired) electrons. The van der Waals surface area contributed by atoms with Crippen molar-refractivity contribution in [1.29, 1.82) is 0 Å². The summed E-state index contributed by atoms with van der Waals surface area (Å²) in [4.78, 5) is 5.35. The van der Waals surface area contributed by atoms with Gasteiger partial charge < -0.3 is 9.64 Å². The Morgan fingerprint density at radius 1 is 1.12 bits per heavy atom. The highest BCUT2D eigenvalue weighted by molar-refractivity contribution is 4.96. The van der Waals surface area contributed by atoms with Crippen molar-refractivity contribution in [2.24, 2.45) is 0 Å². The van der Waals surface area contributed by atoms with Gasteiger partial charge in [-0.15, -0.1) is 0 Å². The van der Waals surface area contributed by atoms with Gasteiger partial charge in [0.1, 0.15) is 0 Å². The van der Waals surface area contributed by atoms with Crippen LogP contribution in [-0.2, 0) is 4.74 Å². The molecule has 0 aromatic rings. The molecule has 3 aliphatic heterocycles. The molecule has 3 saturated heterocycles. The Morgan fingerprint density at radius 2 is 1.88 bits per heavy atom. The fraction of sp³-hybridized carbons (Fsp3) is 1.00. The number of hydrogen-bond donors (Lipinski definition) is 0. The Labute approximate surface area is 98.7 Å². The molecule has 0 aliphatic carbocycles. The van der Waals surface area contributed by atoms with Crippen molar-refractivity contribution in [3.05, 3.63) is 0 Å². The van der Waals surface area contributed by atoms with E-state index in [1.54, 1.807) is 0 Å². The molecule has 3 heterocycles. The van der Waals surface area contributed by atoms with Gasteiger partial charge in [0.2, 0.25) is 0 Å². The molecule has 0 N–H and O–H groups in total. The molecule has 2 unspecified atom stereocenters. The van der Waals surface area contributed by atoms with Crippen molar-refractivity contribution in [2.45, 2.75) is 57.3 Å². The molecule has 3 nitrogen and oxygen atoms in total. The zero-order chi connectivity index (χ0) is 11.1. The molecular formula is C13H24N2O. The van der Waals surface area contributed by atoms with Crippen molar-refractivity contribution in [3.63, 3.8) is 0 Å². The minimum atomic E-state index is 0.563. The van der Waals surface area contributed by atoms with Crippen molar-refractivity contribution in [3.8, 4) is 0 Å². The van der Waals surface area contributed by atoms with Crippen LogP contribution in [-0.4, -0.2) is 60.3 Å². The quantitative estimate of drug-likeness (QED) is 0.704. The van der Waals surface area contributed by atoms with Crippen molar-refractivity contribution in [2.75, 3.05) is 26.2 Å². The first-order chi connectivity index (χ1) is 7.74. The van der Waals surface area contributed by atoms with Gasteiger partial charge in [0.25, 0.3) is 0 Å². The number of nitrogens with zero attached hydrogens (tertiary/aromatic N) is 2. The fourth-order valence-electron chi connectivity index (χ4n) is 3.61. The SMILES string of the molecule is CC(C)N1CCC(N2CC3CC2CO3)CC1. The molecule has 0 spiro atoms. The van der Waals surface area contributed by atoms with Crippen LogP contribution in [0.5, 0.6) is 0 Å². The van der Waals surface area contributed by atoms with Crippen LogP contribution in [0.15, 0.2) is 0 Å². The highest BCUT2D eigenvalue weighted by atomic mass is 16.5. The van der Waals surface area contributed by atoms with Crippen LogP contribution in [0.1, 0.15) is 33.1 Å². The maximum Gasteiger partial charge on any atom is 0.0718 e. The summed E-state index contributed by atoms with van der Waals surface area (Å²) in [6.07, 6.45) is 4.58. The lowest BCUT2D eigenvalue weighted by Crippen LogP contribution is -2.50. The van der Waals surface area contributed by atoms with E-state index in [4.69, 9.17) is 4.74 Å². The number of ether oxygens (including phenoxy) is 1. The summed E-state index contributed by atoms with van der Waals surface area (Å²) in [6.45, 7) is 9.40. The molecule has 3 rings (SSSR count). The number of morpholine rings is 1. The van der Waals surface area contributed by atoms with E-state index >= 15 is 0 Å². The summed E-state index contributed by atoms with van der Waals surface area (Å²) in [5.41, 5.74) is 0. The summed E-state index contributed by atoms with van der Waals surface area (Å²) in [7, 11) is 0. The molecule has 3 aliphatic rings. The van der Waals surface area contributed by atoms with Crippen LogP contribution in [0.4, 0.5) is 0 Å². The smallest absolute Gasteiger partial charge is 0.0718 e. The number of rotatable bonds is 2. The topological polar surface area (TPSA) is 15.7 Å². The second kappa shape index (κ2) is 4.28. The molecule has 0 aromatic heterocycles. The molecular weight excluding hydrogens is 200 g/mol. The number of likely N-dealkylation sites (tertiary alicyclic amines) is 2. The molecule has 2 bridgehead atoms. The molecule has 3 fully saturated rings. The van der Waals surface area contributed by atoms with Gasteiger partial charge in [-0.1, -0.05) is 0 Å². The summed E-state index contributed by atoms with van der Waals surface area (Å²) in [5, 5.41) is 0. The third kappa shape index (κ3) is 1.89. The van der Waals surface area contributed by atoms with Crippen LogP contribution in [0, 0.1) is 0 Å². The molecule has 0 amide bonds. The Balaban J connectivity index is 1.54. The van der Waals surface area contributed by atoms with Crippen LogP contribution < -0.4 is 0 Å². The first-order valence-corrected chi connectivity index (χ1v) is 6.85. The Kier molecular flexibility index (Phi) is 2.94. The van der Waals surface area contributed by atoms with Crippen LogP contribution in [0.25, 0.3) is 0 Å². The zero-order valence-corrected chi connectivity index (χ0v) is 10.6. The maximum atomic E-state index is 5.68. The summed E-state index contributed by atoms with van der Waals surface area (Å²) in [6, 6.07) is 2.31. The van der Waals surface area contributed by atoms with E-state index in [2.05, 4.69) is 23.6 Å². The summed E-state index contributed by atoms with van der Waals surface area (Å²) in [5.74, 6) is 0. The van der Waals surface area contributed by atoms with E-state index in [1.165, 1.54) is 38.9 Å². The molecule has 92 valence electrons. The normalized spacial score (nSPS) is 37.7. The molecule has 16 heavy (non-hydrogen) atoms. The van der Waals surface area contributed by atoms with E-state index in [1.807, 2.05) is 0 Å². The second-order valence-corrected chi connectivity index (χ2v) is 5.90. The largest absolute Gasteiger partial charge is 0.375 e. The average molecular weight is 224 g/mol. The van der Waals surface area contributed by atoms with E-state index < -0.39 is 0 Å². The number of fused-ring (bicyclic) bond motifs is 2. The number of piperidine rings is 1. The monoisotopic (exact) mass is 224 g/mol. The molecule has 0 saturated carbocycles. The van der Waals surface area contributed by atoms with Gasteiger partial charge in [-0.25, -0.2) is 0 Å². The lowest BCUT2D eigenvalue weighted by molar-refractivity contribution is -0.00557. The second-order valence-electron chi connectivity index (χ2n) is 5.90. The highest BCUT2D eigenvalue weighted by Crippen LogP contribution is 2.32. The standard InChI is InChI=1S/C13H24N2O/c1-10(2)14-5-3-11(4-6-14)15-8-13-7-12(15)9-16-13/h10-13H,3-9H2,1-2H3. The van der Waals surface area contributed by atoms with Crippen LogP contribution >= 0.6 is 0 Å². The van der Waals surface area contributed by atoms with Gasteiger partial charge in [-0.3, -0.25) is 4.90 Å². The molecule has 0 aromatic carbocycles. The van der Waals surface area contributed by atoms with E-state index in [-0.39, 0.29) is 0 Å². The Hall–Kier alpha value is -0.120. The van der Waals surface area contributed by atoms with E-state index in [0.717, 1.165) is 24.7 Å². The third-order valence-corrected chi connectivity index (χ3v) is 4.64. The minimum Gasteiger partial charge on any atom is -0.375 e. The lowest BCUT2D eigenvalue weighted by Gasteiger charge is -2.41. The van der Waals surface area contributed by atoms with Gasteiger partial charge in [-0.05, 0) is 46.2 Å². The van der Waals surface area contributed by atoms with Gasteiger partial charge in [0.05, 0.1) is 12.7 Å². The van der Waals surface area contributed by atoms with Gasteiger partial charge in [0, 0.05) is 24.7 Å². The van der Waals surface area contributed by atoms with Gasteiger partial charge in [0.15, 0.2) is 0 Å². The first-order valence-electron chi connectivity index (χ1n) is 6.85. The third-order valence-electron chi connectivity index (χ3n) is 4.64. The van der Waals surface area contributed by atoms with Crippen LogP contribution in [0.2, 0.25) is 0 Å². The minimum absolute atomic E-state index is 0.563. The zero-order valence-electron chi connectivity index (χ0n) is 10.6. The lowest BCUT2D eigenvalue weighted by atomic mass is 10.0. The first kappa shape index (κ1) is 11.0. The highest BCUT2D eigenvalue weighted by Gasteiger charge is 2.42. The number of hydrogen-bond acceptors (Lipinski definition) is 3. The fourth-order valence-corrected chi connectivity index (χ4v) is 3.61. The Morgan fingerprint density at radius 3 is 2.38 bits per heavy atom. The van der Waals surface area contributed by atoms with Crippen molar-refractivity contribution >= 4 is 0 Å². The summed E-state index contributed by atoms with van der Waals surface area (Å²) >= 11 is 0. The predicted octanol–water partition coefficient (Wildman–Crippen LogP) is 1.33. The van der Waals surface area contributed by atoms with E-state index in [9.17, 15) is 0 Å².